The fourth-order valence-corrected chi connectivity index (χ4v) is 3.52. The Balaban J connectivity index is 1.59. The van der Waals surface area contributed by atoms with Crippen molar-refractivity contribution >= 4 is 23.5 Å². The van der Waals surface area contributed by atoms with Gasteiger partial charge < -0.3 is 19.3 Å². The number of methoxy groups -OCH3 is 1. The largest absolute Gasteiger partial charge is 0.495 e. The summed E-state index contributed by atoms with van der Waals surface area (Å²) in [7, 11) is 3.20. The maximum atomic E-state index is 12.6. The molecule has 2 amide bonds. The van der Waals surface area contributed by atoms with Gasteiger partial charge in [-0.2, -0.15) is 0 Å². The number of carbonyl (C=O) groups excluding carboxylic acids is 3. The summed E-state index contributed by atoms with van der Waals surface area (Å²) in [4.78, 5) is 40.7. The molecular weight excluding hydrogens is 384 g/mol. The van der Waals surface area contributed by atoms with Gasteiger partial charge in [0.2, 0.25) is 5.91 Å². The number of carbonyl (C=O) groups is 3. The van der Waals surface area contributed by atoms with Gasteiger partial charge >= 0.3 is 5.97 Å². The number of rotatable bonds is 7. The van der Waals surface area contributed by atoms with Crippen molar-refractivity contribution in [2.24, 2.45) is 5.92 Å². The minimum Gasteiger partial charge on any atom is -0.495 e. The molecule has 1 heterocycles. The number of benzene rings is 2. The van der Waals surface area contributed by atoms with Crippen molar-refractivity contribution in [1.82, 2.24) is 4.90 Å². The summed E-state index contributed by atoms with van der Waals surface area (Å²) in [5, 5.41) is 0. The molecule has 1 aliphatic rings. The first-order valence-corrected chi connectivity index (χ1v) is 9.83. The molecule has 2 atom stereocenters. The Bertz CT molecular complexity index is 915. The van der Waals surface area contributed by atoms with E-state index in [2.05, 4.69) is 0 Å². The van der Waals surface area contributed by atoms with Crippen LogP contribution in [0.4, 0.5) is 5.69 Å². The second-order valence-corrected chi connectivity index (χ2v) is 7.34. The summed E-state index contributed by atoms with van der Waals surface area (Å²) >= 11 is 0. The molecule has 0 unspecified atom stereocenters. The van der Waals surface area contributed by atoms with Crippen LogP contribution in [0, 0.1) is 5.92 Å². The standard InChI is InChI=1S/C23H26N2O5/c1-16(22(27)24(2)14-17-9-5-4-6-10-17)30-23(28)18-13-21(26)25(15-18)19-11-7-8-12-20(19)29-3/h4-12,16,18H,13-15H2,1-3H3/t16-,18+/m1/s1. The predicted octanol–water partition coefficient (Wildman–Crippen LogP) is 2.64. The van der Waals surface area contributed by atoms with Gasteiger partial charge in [-0.1, -0.05) is 42.5 Å². The molecule has 7 heteroatoms. The molecule has 3 rings (SSSR count). The summed E-state index contributed by atoms with van der Waals surface area (Å²) in [5.41, 5.74) is 1.60. The van der Waals surface area contributed by atoms with Crippen molar-refractivity contribution in [2.45, 2.75) is 26.0 Å². The molecule has 0 saturated carbocycles. The van der Waals surface area contributed by atoms with Crippen molar-refractivity contribution in [3.05, 3.63) is 60.2 Å². The van der Waals surface area contributed by atoms with Gasteiger partial charge in [0, 0.05) is 26.6 Å². The Morgan fingerprint density at radius 3 is 2.50 bits per heavy atom. The molecule has 1 fully saturated rings. The van der Waals surface area contributed by atoms with Crippen LogP contribution < -0.4 is 9.64 Å². The molecule has 7 nitrogen and oxygen atoms in total. The summed E-state index contributed by atoms with van der Waals surface area (Å²) in [6, 6.07) is 16.7. The highest BCUT2D eigenvalue weighted by atomic mass is 16.5. The van der Waals surface area contributed by atoms with Gasteiger partial charge in [-0.3, -0.25) is 14.4 Å². The van der Waals surface area contributed by atoms with Crippen molar-refractivity contribution in [2.75, 3.05) is 25.6 Å². The van der Waals surface area contributed by atoms with Gasteiger partial charge in [0.25, 0.3) is 5.91 Å². The number of hydrogen-bond donors (Lipinski definition) is 0. The summed E-state index contributed by atoms with van der Waals surface area (Å²) in [5.74, 6) is -1.09. The Kier molecular flexibility index (Phi) is 6.72. The molecule has 0 bridgehead atoms. The van der Waals surface area contributed by atoms with Crippen LogP contribution in [0.3, 0.4) is 0 Å². The molecule has 1 saturated heterocycles. The van der Waals surface area contributed by atoms with Crippen molar-refractivity contribution in [1.29, 1.82) is 0 Å². The zero-order valence-electron chi connectivity index (χ0n) is 17.4. The van der Waals surface area contributed by atoms with Crippen molar-refractivity contribution in [3.8, 4) is 5.75 Å². The number of nitrogens with zero attached hydrogens (tertiary/aromatic N) is 2. The van der Waals surface area contributed by atoms with Gasteiger partial charge in [0.1, 0.15) is 5.75 Å². The lowest BCUT2D eigenvalue weighted by Crippen LogP contribution is -2.38. The number of amides is 2. The highest BCUT2D eigenvalue weighted by molar-refractivity contribution is 6.00. The average Bonchev–Trinajstić information content (AvgIpc) is 3.15. The molecule has 0 aromatic heterocycles. The van der Waals surface area contributed by atoms with Crippen LogP contribution in [0.5, 0.6) is 5.75 Å². The van der Waals surface area contributed by atoms with E-state index >= 15 is 0 Å². The van der Waals surface area contributed by atoms with Crippen molar-refractivity contribution in [3.63, 3.8) is 0 Å². The number of esters is 1. The number of para-hydroxylation sites is 2. The third-order valence-electron chi connectivity index (χ3n) is 5.11. The van der Waals surface area contributed by atoms with Gasteiger partial charge in [-0.05, 0) is 24.6 Å². The maximum Gasteiger partial charge on any atom is 0.312 e. The SMILES string of the molecule is COc1ccccc1N1C[C@@H](C(=O)O[C@H](C)C(=O)N(C)Cc2ccccc2)CC1=O. The van der Waals surface area contributed by atoms with E-state index in [1.807, 2.05) is 36.4 Å². The summed E-state index contributed by atoms with van der Waals surface area (Å²) < 4.78 is 10.7. The fraction of sp³-hybridized carbons (Fsp3) is 0.348. The smallest absolute Gasteiger partial charge is 0.312 e. The van der Waals surface area contributed by atoms with Crippen LogP contribution >= 0.6 is 0 Å². The van der Waals surface area contributed by atoms with Gasteiger partial charge in [-0.25, -0.2) is 0 Å². The van der Waals surface area contributed by atoms with E-state index in [0.29, 0.717) is 18.0 Å². The molecule has 2 aromatic rings. The minimum atomic E-state index is -0.929. The van der Waals surface area contributed by atoms with Crippen LogP contribution in [0.1, 0.15) is 18.9 Å². The topological polar surface area (TPSA) is 76.2 Å². The highest BCUT2D eigenvalue weighted by Crippen LogP contribution is 2.33. The van der Waals surface area contributed by atoms with Crippen molar-refractivity contribution < 1.29 is 23.9 Å². The van der Waals surface area contributed by atoms with Crippen LogP contribution in [0.15, 0.2) is 54.6 Å². The number of hydrogen-bond acceptors (Lipinski definition) is 5. The van der Waals surface area contributed by atoms with Gasteiger partial charge in [-0.15, -0.1) is 0 Å². The second-order valence-electron chi connectivity index (χ2n) is 7.34. The molecular formula is C23H26N2O5. The lowest BCUT2D eigenvalue weighted by Gasteiger charge is -2.23. The van der Waals surface area contributed by atoms with Gasteiger partial charge in [0.15, 0.2) is 6.10 Å². The Morgan fingerprint density at radius 1 is 1.13 bits per heavy atom. The molecule has 0 N–H and O–H groups in total. The molecule has 0 radical (unpaired) electrons. The molecule has 1 aliphatic heterocycles. The third-order valence-corrected chi connectivity index (χ3v) is 5.11. The Hall–Kier alpha value is -3.35. The second kappa shape index (κ2) is 9.43. The lowest BCUT2D eigenvalue weighted by molar-refractivity contribution is -0.161. The monoisotopic (exact) mass is 410 g/mol. The Morgan fingerprint density at radius 2 is 1.80 bits per heavy atom. The number of ether oxygens (including phenoxy) is 2. The van der Waals surface area contributed by atoms with E-state index in [-0.39, 0.29) is 24.8 Å². The predicted molar refractivity (Wildman–Crippen MR) is 112 cm³/mol. The van der Waals surface area contributed by atoms with E-state index in [1.165, 1.54) is 16.9 Å². The van der Waals surface area contributed by atoms with Crippen LogP contribution in [-0.2, 0) is 25.7 Å². The number of anilines is 1. The summed E-state index contributed by atoms with van der Waals surface area (Å²) in [6.45, 7) is 2.17. The first-order chi connectivity index (χ1) is 14.4. The molecule has 2 aromatic carbocycles. The van der Waals surface area contributed by atoms with E-state index in [4.69, 9.17) is 9.47 Å². The first kappa shape index (κ1) is 21.4. The van der Waals surface area contributed by atoms with E-state index < -0.39 is 18.0 Å². The van der Waals surface area contributed by atoms with Crippen LogP contribution in [0.25, 0.3) is 0 Å². The molecule has 30 heavy (non-hydrogen) atoms. The quantitative estimate of drug-likeness (QED) is 0.656. The van der Waals surface area contributed by atoms with E-state index in [9.17, 15) is 14.4 Å². The zero-order chi connectivity index (χ0) is 21.7. The van der Waals surface area contributed by atoms with Crippen LogP contribution in [0.2, 0.25) is 0 Å². The normalized spacial score (nSPS) is 16.8. The molecule has 0 spiro atoms. The maximum absolute atomic E-state index is 12.6. The number of likely N-dealkylation sites (N-methyl/N-ethyl adjacent to an activating group) is 1. The van der Waals surface area contributed by atoms with E-state index in [0.717, 1.165) is 5.56 Å². The average molecular weight is 410 g/mol. The fourth-order valence-electron chi connectivity index (χ4n) is 3.52. The zero-order valence-corrected chi connectivity index (χ0v) is 17.4. The van der Waals surface area contributed by atoms with E-state index in [1.54, 1.807) is 32.2 Å². The van der Waals surface area contributed by atoms with Gasteiger partial charge in [0.05, 0.1) is 18.7 Å². The van der Waals surface area contributed by atoms with Crippen LogP contribution in [-0.4, -0.2) is 49.5 Å². The Labute approximate surface area is 176 Å². The molecule has 0 aliphatic carbocycles. The lowest BCUT2D eigenvalue weighted by atomic mass is 10.1. The molecule has 158 valence electrons. The summed E-state index contributed by atoms with van der Waals surface area (Å²) in [6.07, 6.45) is -0.890. The minimum absolute atomic E-state index is 0.0393. The third kappa shape index (κ3) is 4.79. The highest BCUT2D eigenvalue weighted by Gasteiger charge is 2.38. The first-order valence-electron chi connectivity index (χ1n) is 9.83.